The molecule has 0 aliphatic heterocycles. The van der Waals surface area contributed by atoms with Crippen LogP contribution in [0.15, 0.2) is 35.3 Å². The highest BCUT2D eigenvalue weighted by Crippen LogP contribution is 2.13. The molecule has 7 nitrogen and oxygen atoms in total. The summed E-state index contributed by atoms with van der Waals surface area (Å²) in [5, 5.41) is 2.76. The van der Waals surface area contributed by atoms with E-state index >= 15 is 0 Å². The van der Waals surface area contributed by atoms with E-state index < -0.39 is 0 Å². The highest BCUT2D eigenvalue weighted by atomic mass is 16.5. The van der Waals surface area contributed by atoms with Gasteiger partial charge in [-0.1, -0.05) is 0 Å². The van der Waals surface area contributed by atoms with Crippen LogP contribution in [0.5, 0.6) is 11.6 Å². The minimum atomic E-state index is -0.297. The molecule has 0 aliphatic rings. The molecule has 2 rings (SSSR count). The first kappa shape index (κ1) is 16.5. The normalized spacial score (nSPS) is 10.2. The number of amides is 1. The van der Waals surface area contributed by atoms with Crippen molar-refractivity contribution in [2.45, 2.75) is 13.5 Å². The van der Waals surface area contributed by atoms with Crippen LogP contribution in [-0.4, -0.2) is 36.2 Å². The summed E-state index contributed by atoms with van der Waals surface area (Å²) in [4.78, 5) is 28.1. The maximum atomic E-state index is 12.1. The van der Waals surface area contributed by atoms with Gasteiger partial charge in [0.25, 0.3) is 11.5 Å². The molecule has 2 heterocycles. The number of aryl methyl sites for hydroxylation is 1. The van der Waals surface area contributed by atoms with Gasteiger partial charge in [0.2, 0.25) is 5.88 Å². The van der Waals surface area contributed by atoms with Gasteiger partial charge in [0.1, 0.15) is 11.3 Å². The SMILES string of the molecule is COc1cc(C)n(CCNC(=O)c2cccnc2OC)c(=O)c1. The standard InChI is InChI=1S/C16H19N3O4/c1-11-9-12(22-2)10-14(20)19(11)8-7-17-15(21)13-5-4-6-18-16(13)23-3/h4-6,9-10H,7-8H2,1-3H3,(H,17,21). The molecular formula is C16H19N3O4. The Kier molecular flexibility index (Phi) is 5.35. The van der Waals surface area contributed by atoms with Crippen LogP contribution in [-0.2, 0) is 6.54 Å². The van der Waals surface area contributed by atoms with Crippen LogP contribution in [0.25, 0.3) is 0 Å². The number of rotatable bonds is 6. The Hall–Kier alpha value is -2.83. The number of ether oxygens (including phenoxy) is 2. The predicted molar refractivity (Wildman–Crippen MR) is 85.1 cm³/mol. The third-order valence-electron chi connectivity index (χ3n) is 3.37. The minimum absolute atomic E-state index is 0.171. The third-order valence-corrected chi connectivity index (χ3v) is 3.37. The van der Waals surface area contributed by atoms with Crippen molar-refractivity contribution in [1.29, 1.82) is 0 Å². The van der Waals surface area contributed by atoms with E-state index in [1.165, 1.54) is 20.3 Å². The number of hydrogen-bond acceptors (Lipinski definition) is 5. The second-order valence-corrected chi connectivity index (χ2v) is 4.84. The third kappa shape index (κ3) is 3.88. The van der Waals surface area contributed by atoms with Crippen LogP contribution in [0.4, 0.5) is 0 Å². The summed E-state index contributed by atoms with van der Waals surface area (Å²) in [5.41, 5.74) is 0.950. The Bertz CT molecular complexity index is 755. The van der Waals surface area contributed by atoms with Crippen LogP contribution in [0.1, 0.15) is 16.1 Å². The molecule has 2 aromatic rings. The lowest BCUT2D eigenvalue weighted by molar-refractivity contribution is 0.0948. The highest BCUT2D eigenvalue weighted by Gasteiger charge is 2.12. The Labute approximate surface area is 133 Å². The molecule has 122 valence electrons. The average Bonchev–Trinajstić information content (AvgIpc) is 2.56. The van der Waals surface area contributed by atoms with Crippen molar-refractivity contribution in [2.75, 3.05) is 20.8 Å². The van der Waals surface area contributed by atoms with E-state index in [1.807, 2.05) is 6.92 Å². The molecule has 0 radical (unpaired) electrons. The summed E-state index contributed by atoms with van der Waals surface area (Å²) in [6.07, 6.45) is 1.55. The molecule has 0 unspecified atom stereocenters. The number of nitrogens with zero attached hydrogens (tertiary/aromatic N) is 2. The van der Waals surface area contributed by atoms with Crippen molar-refractivity contribution >= 4 is 5.91 Å². The molecule has 0 spiro atoms. The zero-order chi connectivity index (χ0) is 16.8. The van der Waals surface area contributed by atoms with Crippen molar-refractivity contribution < 1.29 is 14.3 Å². The van der Waals surface area contributed by atoms with Gasteiger partial charge in [-0.3, -0.25) is 9.59 Å². The zero-order valence-electron chi connectivity index (χ0n) is 13.3. The zero-order valence-corrected chi connectivity index (χ0v) is 13.3. The van der Waals surface area contributed by atoms with Crippen LogP contribution in [0, 0.1) is 6.92 Å². The molecule has 0 saturated heterocycles. The van der Waals surface area contributed by atoms with Gasteiger partial charge in [0, 0.05) is 31.0 Å². The Morgan fingerprint density at radius 1 is 1.30 bits per heavy atom. The second-order valence-electron chi connectivity index (χ2n) is 4.84. The van der Waals surface area contributed by atoms with Crippen molar-refractivity contribution in [1.82, 2.24) is 14.9 Å². The number of hydrogen-bond donors (Lipinski definition) is 1. The topological polar surface area (TPSA) is 82.4 Å². The van der Waals surface area contributed by atoms with Crippen LogP contribution in [0.3, 0.4) is 0 Å². The quantitative estimate of drug-likeness (QED) is 0.859. The fraction of sp³-hybridized carbons (Fsp3) is 0.312. The molecule has 0 atom stereocenters. The van der Waals surface area contributed by atoms with E-state index in [1.54, 1.807) is 29.0 Å². The lowest BCUT2D eigenvalue weighted by Gasteiger charge is -2.12. The summed E-state index contributed by atoms with van der Waals surface area (Å²) in [5.74, 6) is 0.491. The van der Waals surface area contributed by atoms with Crippen molar-refractivity contribution in [3.63, 3.8) is 0 Å². The van der Waals surface area contributed by atoms with Gasteiger partial charge in [-0.25, -0.2) is 4.98 Å². The van der Waals surface area contributed by atoms with Crippen LogP contribution < -0.4 is 20.3 Å². The number of carbonyl (C=O) groups is 1. The fourth-order valence-corrected chi connectivity index (χ4v) is 2.21. The summed E-state index contributed by atoms with van der Waals surface area (Å²) >= 11 is 0. The fourth-order valence-electron chi connectivity index (χ4n) is 2.21. The van der Waals surface area contributed by atoms with Crippen LogP contribution in [0.2, 0.25) is 0 Å². The first-order valence-corrected chi connectivity index (χ1v) is 7.09. The van der Waals surface area contributed by atoms with Crippen LogP contribution >= 0.6 is 0 Å². The van der Waals surface area contributed by atoms with Gasteiger partial charge in [0.15, 0.2) is 0 Å². The van der Waals surface area contributed by atoms with Crippen molar-refractivity contribution in [3.05, 3.63) is 52.1 Å². The molecule has 0 bridgehead atoms. The average molecular weight is 317 g/mol. The Balaban J connectivity index is 2.03. The van der Waals surface area contributed by atoms with Gasteiger partial charge in [-0.2, -0.15) is 0 Å². The molecule has 1 N–H and O–H groups in total. The Morgan fingerprint density at radius 3 is 2.74 bits per heavy atom. The summed E-state index contributed by atoms with van der Waals surface area (Å²) in [6, 6.07) is 6.48. The maximum absolute atomic E-state index is 12.1. The molecule has 1 amide bonds. The Morgan fingerprint density at radius 2 is 2.09 bits per heavy atom. The molecule has 0 fully saturated rings. The first-order valence-electron chi connectivity index (χ1n) is 7.09. The van der Waals surface area contributed by atoms with Gasteiger partial charge in [-0.15, -0.1) is 0 Å². The van der Waals surface area contributed by atoms with E-state index in [4.69, 9.17) is 9.47 Å². The number of methoxy groups -OCH3 is 2. The van der Waals surface area contributed by atoms with Crippen molar-refractivity contribution in [2.24, 2.45) is 0 Å². The summed E-state index contributed by atoms with van der Waals surface area (Å²) in [7, 11) is 2.97. The summed E-state index contributed by atoms with van der Waals surface area (Å²) < 4.78 is 11.7. The number of nitrogens with one attached hydrogen (secondary N) is 1. The molecule has 0 aromatic carbocycles. The molecule has 0 saturated carbocycles. The highest BCUT2D eigenvalue weighted by molar-refractivity contribution is 5.96. The van der Waals surface area contributed by atoms with E-state index in [2.05, 4.69) is 10.3 Å². The smallest absolute Gasteiger partial charge is 0.256 e. The predicted octanol–water partition coefficient (Wildman–Crippen LogP) is 0.999. The van der Waals surface area contributed by atoms with E-state index in [0.29, 0.717) is 24.4 Å². The molecule has 7 heteroatoms. The molecule has 23 heavy (non-hydrogen) atoms. The summed E-state index contributed by atoms with van der Waals surface area (Å²) in [6.45, 7) is 2.49. The number of carbonyl (C=O) groups excluding carboxylic acids is 1. The molecule has 0 aliphatic carbocycles. The lowest BCUT2D eigenvalue weighted by atomic mass is 10.2. The van der Waals surface area contributed by atoms with Gasteiger partial charge in [0.05, 0.1) is 14.2 Å². The van der Waals surface area contributed by atoms with Gasteiger partial charge >= 0.3 is 0 Å². The largest absolute Gasteiger partial charge is 0.496 e. The second kappa shape index (κ2) is 7.44. The number of aromatic nitrogens is 2. The first-order chi connectivity index (χ1) is 11.1. The molecule has 2 aromatic heterocycles. The van der Waals surface area contributed by atoms with E-state index in [9.17, 15) is 9.59 Å². The van der Waals surface area contributed by atoms with E-state index in [0.717, 1.165) is 5.69 Å². The number of pyridine rings is 2. The van der Waals surface area contributed by atoms with Crippen molar-refractivity contribution in [3.8, 4) is 11.6 Å². The van der Waals surface area contributed by atoms with E-state index in [-0.39, 0.29) is 17.3 Å². The minimum Gasteiger partial charge on any atom is -0.496 e. The lowest BCUT2D eigenvalue weighted by Crippen LogP contribution is -2.31. The van der Waals surface area contributed by atoms with Gasteiger partial charge in [-0.05, 0) is 25.1 Å². The monoisotopic (exact) mass is 317 g/mol. The molecular weight excluding hydrogens is 298 g/mol. The van der Waals surface area contributed by atoms with Gasteiger partial charge < -0.3 is 19.4 Å². The maximum Gasteiger partial charge on any atom is 0.256 e.